The van der Waals surface area contributed by atoms with E-state index in [0.717, 1.165) is 17.3 Å². The molecular formula is C23H17Cl2N3O3S. The molecule has 0 saturated carbocycles. The molecule has 6 nitrogen and oxygen atoms in total. The summed E-state index contributed by atoms with van der Waals surface area (Å²) in [5, 5.41) is 10.4. The molecule has 32 heavy (non-hydrogen) atoms. The smallest absolute Gasteiger partial charge is 0.175 e. The van der Waals surface area contributed by atoms with E-state index in [0.29, 0.717) is 39.2 Å². The number of imidazole rings is 1. The van der Waals surface area contributed by atoms with E-state index < -0.39 is 9.84 Å². The lowest BCUT2D eigenvalue weighted by Gasteiger charge is -2.12. The van der Waals surface area contributed by atoms with E-state index in [2.05, 4.69) is 11.1 Å². The summed E-state index contributed by atoms with van der Waals surface area (Å²) in [7, 11) is -3.35. The number of rotatable bonds is 6. The summed E-state index contributed by atoms with van der Waals surface area (Å²) >= 11 is 12.5. The third-order valence-electron chi connectivity index (χ3n) is 4.89. The van der Waals surface area contributed by atoms with E-state index in [9.17, 15) is 13.7 Å². The van der Waals surface area contributed by atoms with Gasteiger partial charge in [0.05, 0.1) is 34.1 Å². The maximum Gasteiger partial charge on any atom is 0.175 e. The lowest BCUT2D eigenvalue weighted by atomic mass is 10.2. The Morgan fingerprint density at radius 1 is 1.09 bits per heavy atom. The number of nitrogens with zero attached hydrogens (tertiary/aromatic N) is 3. The maximum atomic E-state index is 11.8. The second-order valence-electron chi connectivity index (χ2n) is 7.20. The van der Waals surface area contributed by atoms with E-state index in [-0.39, 0.29) is 11.5 Å². The molecular weight excluding hydrogens is 469 g/mol. The van der Waals surface area contributed by atoms with Crippen LogP contribution in [0.25, 0.3) is 11.0 Å². The topological polar surface area (TPSA) is 85.0 Å². The van der Waals surface area contributed by atoms with Gasteiger partial charge >= 0.3 is 0 Å². The van der Waals surface area contributed by atoms with Crippen molar-refractivity contribution in [3.05, 3.63) is 87.7 Å². The van der Waals surface area contributed by atoms with Crippen LogP contribution in [0.4, 0.5) is 0 Å². The van der Waals surface area contributed by atoms with Gasteiger partial charge in [-0.25, -0.2) is 13.4 Å². The summed E-state index contributed by atoms with van der Waals surface area (Å²) < 4.78 is 31.4. The molecule has 0 aliphatic carbocycles. The normalized spacial score (nSPS) is 11.4. The largest absolute Gasteiger partial charge is 0.486 e. The van der Waals surface area contributed by atoms with Crippen LogP contribution < -0.4 is 4.74 Å². The van der Waals surface area contributed by atoms with Crippen LogP contribution >= 0.6 is 23.2 Å². The Morgan fingerprint density at radius 2 is 1.91 bits per heavy atom. The fourth-order valence-electron chi connectivity index (χ4n) is 3.31. The zero-order valence-corrected chi connectivity index (χ0v) is 19.2. The molecule has 0 bridgehead atoms. The lowest BCUT2D eigenvalue weighted by molar-refractivity contribution is 0.290. The Hall–Kier alpha value is -3.05. The van der Waals surface area contributed by atoms with E-state index in [1.165, 1.54) is 12.1 Å². The predicted molar refractivity (Wildman–Crippen MR) is 124 cm³/mol. The lowest BCUT2D eigenvalue weighted by Crippen LogP contribution is -2.09. The Bertz CT molecular complexity index is 1470. The molecule has 3 aromatic carbocycles. The van der Waals surface area contributed by atoms with Crippen molar-refractivity contribution < 1.29 is 13.2 Å². The van der Waals surface area contributed by atoms with Gasteiger partial charge < -0.3 is 9.30 Å². The molecule has 0 aliphatic heterocycles. The van der Waals surface area contributed by atoms with Crippen LogP contribution in [0.5, 0.6) is 5.75 Å². The fourth-order valence-corrected chi connectivity index (χ4v) is 4.33. The van der Waals surface area contributed by atoms with Crippen molar-refractivity contribution in [1.82, 2.24) is 9.55 Å². The van der Waals surface area contributed by atoms with Crippen LogP contribution in [0, 0.1) is 11.3 Å². The van der Waals surface area contributed by atoms with Crippen molar-refractivity contribution in [2.45, 2.75) is 18.0 Å². The van der Waals surface area contributed by atoms with Gasteiger partial charge in [0.2, 0.25) is 0 Å². The van der Waals surface area contributed by atoms with E-state index >= 15 is 0 Å². The summed E-state index contributed by atoms with van der Waals surface area (Å²) in [4.78, 5) is 4.83. The highest BCUT2D eigenvalue weighted by molar-refractivity contribution is 7.90. The van der Waals surface area contributed by atoms with Gasteiger partial charge in [0.1, 0.15) is 18.2 Å². The summed E-state index contributed by atoms with van der Waals surface area (Å²) in [5.41, 5.74) is 2.75. The number of ether oxygens (including phenoxy) is 1. The molecule has 0 aliphatic rings. The number of fused-ring (bicyclic) bond motifs is 1. The molecule has 4 aromatic rings. The zero-order chi connectivity index (χ0) is 22.9. The van der Waals surface area contributed by atoms with Crippen molar-refractivity contribution in [2.75, 3.05) is 6.26 Å². The van der Waals surface area contributed by atoms with Crippen molar-refractivity contribution in [2.24, 2.45) is 0 Å². The van der Waals surface area contributed by atoms with Gasteiger partial charge in [-0.05, 0) is 60.2 Å². The van der Waals surface area contributed by atoms with Crippen LogP contribution in [0.3, 0.4) is 0 Å². The van der Waals surface area contributed by atoms with Gasteiger partial charge in [-0.15, -0.1) is 0 Å². The van der Waals surface area contributed by atoms with Gasteiger partial charge in [0, 0.05) is 16.3 Å². The van der Waals surface area contributed by atoms with Gasteiger partial charge in [0.25, 0.3) is 0 Å². The van der Waals surface area contributed by atoms with Crippen molar-refractivity contribution in [3.8, 4) is 11.8 Å². The summed E-state index contributed by atoms with van der Waals surface area (Å²) in [6, 6.07) is 18.9. The van der Waals surface area contributed by atoms with Crippen molar-refractivity contribution >= 4 is 44.1 Å². The molecule has 1 heterocycles. The van der Waals surface area contributed by atoms with E-state index in [1.54, 1.807) is 48.5 Å². The average Bonchev–Trinajstić information content (AvgIpc) is 3.11. The third-order valence-corrected chi connectivity index (χ3v) is 6.61. The number of nitriles is 1. The molecule has 162 valence electrons. The summed E-state index contributed by atoms with van der Waals surface area (Å²) in [5.74, 6) is 1.00. The SMILES string of the molecule is CS(=O)(=O)c1cccc(OCc2nc3ccc(C#N)cc3n2Cc2cc(Cl)ccc2Cl)c1. The average molecular weight is 486 g/mol. The Morgan fingerprint density at radius 3 is 2.66 bits per heavy atom. The van der Waals surface area contributed by atoms with Gasteiger partial charge in [0.15, 0.2) is 9.84 Å². The molecule has 0 spiro atoms. The minimum absolute atomic E-state index is 0.0853. The first-order valence-electron chi connectivity index (χ1n) is 9.51. The number of hydrogen-bond acceptors (Lipinski definition) is 5. The number of halogens is 2. The predicted octanol–water partition coefficient (Wildman–Crippen LogP) is 5.25. The molecule has 0 fully saturated rings. The van der Waals surface area contributed by atoms with Gasteiger partial charge in [-0.2, -0.15) is 5.26 Å². The number of sulfone groups is 1. The molecule has 0 saturated heterocycles. The molecule has 0 amide bonds. The molecule has 4 rings (SSSR count). The number of aromatic nitrogens is 2. The second kappa shape index (κ2) is 8.83. The van der Waals surface area contributed by atoms with Crippen LogP contribution in [-0.2, 0) is 23.0 Å². The van der Waals surface area contributed by atoms with Crippen LogP contribution in [0.15, 0.2) is 65.6 Å². The molecule has 1 aromatic heterocycles. The Labute approximate surface area is 195 Å². The van der Waals surface area contributed by atoms with E-state index in [1.807, 2.05) is 4.57 Å². The van der Waals surface area contributed by atoms with Crippen LogP contribution in [0.1, 0.15) is 17.0 Å². The Balaban J connectivity index is 1.73. The van der Waals surface area contributed by atoms with Gasteiger partial charge in [-0.3, -0.25) is 0 Å². The molecule has 0 radical (unpaired) electrons. The zero-order valence-electron chi connectivity index (χ0n) is 16.9. The van der Waals surface area contributed by atoms with Crippen LogP contribution in [-0.4, -0.2) is 24.2 Å². The molecule has 0 N–H and O–H groups in total. The number of benzene rings is 3. The summed E-state index contributed by atoms with van der Waals surface area (Å²) in [6.07, 6.45) is 1.15. The third kappa shape index (κ3) is 4.73. The first-order valence-corrected chi connectivity index (χ1v) is 12.2. The monoisotopic (exact) mass is 485 g/mol. The van der Waals surface area contributed by atoms with Crippen LogP contribution in [0.2, 0.25) is 10.0 Å². The maximum absolute atomic E-state index is 11.8. The minimum Gasteiger partial charge on any atom is -0.486 e. The Kier molecular flexibility index (Phi) is 6.11. The number of hydrogen-bond donors (Lipinski definition) is 0. The summed E-state index contributed by atoms with van der Waals surface area (Å²) in [6.45, 7) is 0.453. The molecule has 0 atom stereocenters. The highest BCUT2D eigenvalue weighted by atomic mass is 35.5. The minimum atomic E-state index is -3.35. The highest BCUT2D eigenvalue weighted by Crippen LogP contribution is 2.26. The first kappa shape index (κ1) is 22.2. The van der Waals surface area contributed by atoms with Gasteiger partial charge in [-0.1, -0.05) is 29.3 Å². The first-order chi connectivity index (χ1) is 15.2. The molecule has 9 heteroatoms. The van der Waals surface area contributed by atoms with Crippen molar-refractivity contribution in [1.29, 1.82) is 5.26 Å². The standard InChI is InChI=1S/C23H17Cl2N3O3S/c1-32(29,30)19-4-2-3-18(11-19)31-14-23-27-21-8-5-15(12-26)9-22(21)28(23)13-16-10-17(24)6-7-20(16)25/h2-11H,13-14H2,1H3. The fraction of sp³-hybridized carbons (Fsp3) is 0.130. The van der Waals surface area contributed by atoms with E-state index in [4.69, 9.17) is 27.9 Å². The van der Waals surface area contributed by atoms with Crippen molar-refractivity contribution in [3.63, 3.8) is 0 Å². The quantitative estimate of drug-likeness (QED) is 0.372. The second-order valence-corrected chi connectivity index (χ2v) is 10.1. The highest BCUT2D eigenvalue weighted by Gasteiger charge is 2.15. The molecule has 0 unspecified atom stereocenters.